The summed E-state index contributed by atoms with van der Waals surface area (Å²) >= 11 is 0. The molecule has 2 saturated heterocycles. The van der Waals surface area contributed by atoms with E-state index in [-0.39, 0.29) is 6.04 Å². The van der Waals surface area contributed by atoms with Gasteiger partial charge in [-0.15, -0.1) is 0 Å². The quantitative estimate of drug-likeness (QED) is 0.773. The van der Waals surface area contributed by atoms with E-state index in [1.54, 1.807) is 16.4 Å². The molecule has 28 heavy (non-hydrogen) atoms. The molecule has 3 heterocycles. The fourth-order valence-electron chi connectivity index (χ4n) is 4.40. The zero-order chi connectivity index (χ0) is 19.7. The molecule has 1 aromatic heterocycles. The highest BCUT2D eigenvalue weighted by Crippen LogP contribution is 2.36. The van der Waals surface area contributed by atoms with Crippen LogP contribution < -0.4 is 4.90 Å². The first-order chi connectivity index (χ1) is 13.5. The fourth-order valence-corrected chi connectivity index (χ4v) is 6.09. The SMILES string of the molecule is Cc1ccc(S(=O)(=O)N2CCCC[C@H]2c2cnc(N3CCCC3)c(C)c2)cc1. The minimum atomic E-state index is -3.52. The summed E-state index contributed by atoms with van der Waals surface area (Å²) in [6.45, 7) is 6.74. The lowest BCUT2D eigenvalue weighted by atomic mass is 9.98. The molecule has 0 unspecified atom stereocenters. The monoisotopic (exact) mass is 399 g/mol. The first-order valence-corrected chi connectivity index (χ1v) is 11.7. The molecule has 4 rings (SSSR count). The molecule has 150 valence electrons. The Labute approximate surface area is 168 Å². The normalized spacial score (nSPS) is 21.2. The molecule has 0 aliphatic carbocycles. The van der Waals surface area contributed by atoms with Gasteiger partial charge in [0.1, 0.15) is 5.82 Å². The van der Waals surface area contributed by atoms with Crippen molar-refractivity contribution in [3.63, 3.8) is 0 Å². The topological polar surface area (TPSA) is 53.5 Å². The highest BCUT2D eigenvalue weighted by Gasteiger charge is 2.35. The Kier molecular flexibility index (Phi) is 5.43. The molecule has 1 aromatic carbocycles. The van der Waals surface area contributed by atoms with Gasteiger partial charge in [0.05, 0.1) is 10.9 Å². The van der Waals surface area contributed by atoms with Crippen LogP contribution in [0.15, 0.2) is 41.4 Å². The van der Waals surface area contributed by atoms with E-state index in [9.17, 15) is 8.42 Å². The minimum absolute atomic E-state index is 0.140. The molecule has 2 aliphatic heterocycles. The van der Waals surface area contributed by atoms with Gasteiger partial charge in [0, 0.05) is 25.8 Å². The van der Waals surface area contributed by atoms with E-state index in [1.165, 1.54) is 12.8 Å². The molecule has 2 fully saturated rings. The number of hydrogen-bond donors (Lipinski definition) is 0. The van der Waals surface area contributed by atoms with Crippen LogP contribution in [-0.2, 0) is 10.0 Å². The molecule has 1 atom stereocenters. The van der Waals surface area contributed by atoms with Crippen molar-refractivity contribution < 1.29 is 8.42 Å². The lowest BCUT2D eigenvalue weighted by Gasteiger charge is -2.35. The maximum atomic E-state index is 13.3. The molecule has 2 aromatic rings. The van der Waals surface area contributed by atoms with Crippen molar-refractivity contribution in [2.75, 3.05) is 24.5 Å². The summed E-state index contributed by atoms with van der Waals surface area (Å²) in [6, 6.07) is 9.17. The van der Waals surface area contributed by atoms with Crippen LogP contribution in [0, 0.1) is 13.8 Å². The first-order valence-electron chi connectivity index (χ1n) is 10.3. The van der Waals surface area contributed by atoms with Gasteiger partial charge in [0.25, 0.3) is 0 Å². The van der Waals surface area contributed by atoms with Gasteiger partial charge in [-0.1, -0.05) is 24.1 Å². The predicted molar refractivity (Wildman–Crippen MR) is 112 cm³/mol. The molecule has 6 heteroatoms. The summed E-state index contributed by atoms with van der Waals surface area (Å²) in [5, 5.41) is 0. The van der Waals surface area contributed by atoms with Crippen molar-refractivity contribution in [1.82, 2.24) is 9.29 Å². The van der Waals surface area contributed by atoms with Crippen LogP contribution in [-0.4, -0.2) is 37.3 Å². The maximum Gasteiger partial charge on any atom is 0.243 e. The fraction of sp³-hybridized carbons (Fsp3) is 0.500. The number of hydrogen-bond acceptors (Lipinski definition) is 4. The van der Waals surface area contributed by atoms with Gasteiger partial charge in [-0.25, -0.2) is 13.4 Å². The van der Waals surface area contributed by atoms with E-state index in [4.69, 9.17) is 4.98 Å². The van der Waals surface area contributed by atoms with E-state index < -0.39 is 10.0 Å². The van der Waals surface area contributed by atoms with E-state index >= 15 is 0 Å². The number of aryl methyl sites for hydroxylation is 2. The number of benzene rings is 1. The van der Waals surface area contributed by atoms with Crippen LogP contribution in [0.25, 0.3) is 0 Å². The molecule has 0 spiro atoms. The van der Waals surface area contributed by atoms with Crippen LogP contribution in [0.5, 0.6) is 0 Å². The minimum Gasteiger partial charge on any atom is -0.356 e. The third-order valence-electron chi connectivity index (χ3n) is 5.94. The highest BCUT2D eigenvalue weighted by molar-refractivity contribution is 7.89. The number of pyridine rings is 1. The second-order valence-corrected chi connectivity index (χ2v) is 9.93. The summed E-state index contributed by atoms with van der Waals surface area (Å²) in [7, 11) is -3.52. The van der Waals surface area contributed by atoms with Crippen molar-refractivity contribution in [1.29, 1.82) is 0 Å². The third kappa shape index (κ3) is 3.67. The average molecular weight is 400 g/mol. The molecule has 0 amide bonds. The van der Waals surface area contributed by atoms with E-state index in [2.05, 4.69) is 17.9 Å². The largest absolute Gasteiger partial charge is 0.356 e. The lowest BCUT2D eigenvalue weighted by molar-refractivity contribution is 0.255. The standard InChI is InChI=1S/C22H29N3O2S/c1-17-8-10-20(11-9-17)28(26,27)25-14-4-3-7-21(25)19-15-18(2)22(23-16-19)24-12-5-6-13-24/h8-11,15-16,21H,3-7,12-14H2,1-2H3/t21-/m0/s1. The van der Waals surface area contributed by atoms with Gasteiger partial charge in [-0.2, -0.15) is 4.31 Å². The van der Waals surface area contributed by atoms with Crippen molar-refractivity contribution in [2.24, 2.45) is 0 Å². The zero-order valence-corrected chi connectivity index (χ0v) is 17.6. The maximum absolute atomic E-state index is 13.3. The molecule has 0 saturated carbocycles. The molecule has 0 radical (unpaired) electrons. The van der Waals surface area contributed by atoms with Gasteiger partial charge in [0.15, 0.2) is 0 Å². The summed E-state index contributed by atoms with van der Waals surface area (Å²) < 4.78 is 28.4. The number of aromatic nitrogens is 1. The lowest BCUT2D eigenvalue weighted by Crippen LogP contribution is -2.38. The summed E-state index contributed by atoms with van der Waals surface area (Å²) in [4.78, 5) is 7.45. The Balaban J connectivity index is 1.65. The Morgan fingerprint density at radius 3 is 2.32 bits per heavy atom. The van der Waals surface area contributed by atoms with Gasteiger partial charge < -0.3 is 4.90 Å². The molecular weight excluding hydrogens is 370 g/mol. The van der Waals surface area contributed by atoms with Crippen molar-refractivity contribution in [3.8, 4) is 0 Å². The summed E-state index contributed by atoms with van der Waals surface area (Å²) in [5.74, 6) is 1.05. The molecule has 5 nitrogen and oxygen atoms in total. The van der Waals surface area contributed by atoms with Gasteiger partial charge in [-0.05, 0) is 68.9 Å². The Morgan fingerprint density at radius 1 is 0.964 bits per heavy atom. The van der Waals surface area contributed by atoms with Crippen molar-refractivity contribution in [3.05, 3.63) is 53.2 Å². The van der Waals surface area contributed by atoms with Crippen LogP contribution in [0.4, 0.5) is 5.82 Å². The van der Waals surface area contributed by atoms with Crippen molar-refractivity contribution >= 4 is 15.8 Å². The first kappa shape index (κ1) is 19.4. The number of piperidine rings is 1. The molecular formula is C22H29N3O2S. The van der Waals surface area contributed by atoms with Crippen LogP contribution in [0.3, 0.4) is 0 Å². The van der Waals surface area contributed by atoms with Crippen molar-refractivity contribution in [2.45, 2.75) is 56.9 Å². The van der Waals surface area contributed by atoms with Gasteiger partial charge in [0.2, 0.25) is 10.0 Å². The summed E-state index contributed by atoms with van der Waals surface area (Å²) in [5.41, 5.74) is 3.21. The second-order valence-electron chi connectivity index (χ2n) is 8.04. The Bertz CT molecular complexity index is 935. The Morgan fingerprint density at radius 2 is 1.64 bits per heavy atom. The van der Waals surface area contributed by atoms with E-state index in [1.807, 2.05) is 25.3 Å². The van der Waals surface area contributed by atoms with Gasteiger partial charge >= 0.3 is 0 Å². The second kappa shape index (κ2) is 7.84. The van der Waals surface area contributed by atoms with E-state index in [0.717, 1.165) is 54.9 Å². The van der Waals surface area contributed by atoms with Gasteiger partial charge in [-0.3, -0.25) is 0 Å². The molecule has 0 bridgehead atoms. The predicted octanol–water partition coefficient (Wildman–Crippen LogP) is 4.21. The number of nitrogens with zero attached hydrogens (tertiary/aromatic N) is 3. The van der Waals surface area contributed by atoms with E-state index in [0.29, 0.717) is 11.4 Å². The van der Waals surface area contributed by atoms with Crippen LogP contribution in [0.1, 0.15) is 54.8 Å². The number of anilines is 1. The molecule has 2 aliphatic rings. The van der Waals surface area contributed by atoms with Crippen LogP contribution >= 0.6 is 0 Å². The third-order valence-corrected chi connectivity index (χ3v) is 7.87. The Hall–Kier alpha value is -1.92. The average Bonchev–Trinajstić information content (AvgIpc) is 3.23. The molecule has 0 N–H and O–H groups in total. The zero-order valence-electron chi connectivity index (χ0n) is 16.8. The number of sulfonamides is 1. The highest BCUT2D eigenvalue weighted by atomic mass is 32.2. The number of rotatable bonds is 4. The van der Waals surface area contributed by atoms with Crippen LogP contribution in [0.2, 0.25) is 0 Å². The summed E-state index contributed by atoms with van der Waals surface area (Å²) in [6.07, 6.45) is 7.11. The smallest absolute Gasteiger partial charge is 0.243 e.